The molecule has 0 saturated heterocycles. The zero-order chi connectivity index (χ0) is 11.1. The number of furan rings is 1. The van der Waals surface area contributed by atoms with Crippen LogP contribution in [-0.4, -0.2) is 5.78 Å². The Morgan fingerprint density at radius 1 is 1.44 bits per heavy atom. The number of Topliss-reactive ketones (excluding diaryl/α,β-unsaturated/α-hetero) is 1. The minimum absolute atomic E-state index is 0.228. The molecule has 1 atom stereocenters. The fourth-order valence-electron chi connectivity index (χ4n) is 2.37. The number of carbonyl (C=O) groups excluding carboxylic acids is 1. The quantitative estimate of drug-likeness (QED) is 0.752. The Morgan fingerprint density at radius 2 is 2.31 bits per heavy atom. The monoisotopic (exact) mass is 232 g/mol. The van der Waals surface area contributed by atoms with Crippen LogP contribution in [0.3, 0.4) is 0 Å². The molecule has 1 aliphatic rings. The Bertz CT molecular complexity index is 522. The Labute approximate surface area is 97.9 Å². The highest BCUT2D eigenvalue weighted by atomic mass is 32.1. The second-order valence-corrected chi connectivity index (χ2v) is 5.24. The summed E-state index contributed by atoms with van der Waals surface area (Å²) >= 11 is 1.72. The van der Waals surface area contributed by atoms with Gasteiger partial charge in [0.2, 0.25) is 0 Å². The third-order valence-corrected chi connectivity index (χ3v) is 4.17. The Hall–Kier alpha value is -1.35. The average molecular weight is 232 g/mol. The molecular weight excluding hydrogens is 220 g/mol. The highest BCUT2D eigenvalue weighted by Crippen LogP contribution is 2.36. The van der Waals surface area contributed by atoms with Crippen LogP contribution >= 0.6 is 11.3 Å². The molecule has 2 aromatic heterocycles. The minimum Gasteiger partial charge on any atom is -0.468 e. The molecule has 1 unspecified atom stereocenters. The lowest BCUT2D eigenvalue weighted by molar-refractivity contribution is 0.0960. The van der Waals surface area contributed by atoms with E-state index in [4.69, 9.17) is 4.42 Å². The van der Waals surface area contributed by atoms with Gasteiger partial charge in [0, 0.05) is 23.6 Å². The number of hydrogen-bond donors (Lipinski definition) is 0. The van der Waals surface area contributed by atoms with Crippen molar-refractivity contribution in [2.45, 2.75) is 25.7 Å². The molecule has 3 heteroatoms. The van der Waals surface area contributed by atoms with Crippen LogP contribution in [0.5, 0.6) is 0 Å². The second-order valence-electron chi connectivity index (χ2n) is 4.26. The summed E-state index contributed by atoms with van der Waals surface area (Å²) in [5.74, 6) is 1.41. The first-order valence-electron chi connectivity index (χ1n) is 5.39. The molecule has 2 nitrogen and oxygen atoms in total. The fourth-order valence-corrected chi connectivity index (χ4v) is 3.20. The van der Waals surface area contributed by atoms with Crippen LogP contribution in [0.15, 0.2) is 28.2 Å². The van der Waals surface area contributed by atoms with E-state index in [9.17, 15) is 4.79 Å². The van der Waals surface area contributed by atoms with Gasteiger partial charge in [-0.3, -0.25) is 4.79 Å². The molecule has 2 heterocycles. The lowest BCUT2D eigenvalue weighted by Crippen LogP contribution is -2.17. The zero-order valence-electron chi connectivity index (χ0n) is 9.03. The standard InChI is InChI=1S/C13H12O2S/c1-8-7-15-11-6-9(5-10(14)13(8)11)12-3-2-4-16-12/h2-4,7,9H,5-6H2,1H3. The van der Waals surface area contributed by atoms with E-state index in [0.717, 1.165) is 23.3 Å². The number of carbonyl (C=O) groups is 1. The predicted molar refractivity (Wildman–Crippen MR) is 63.2 cm³/mol. The van der Waals surface area contributed by atoms with Crippen molar-refractivity contribution in [3.8, 4) is 0 Å². The molecule has 0 bridgehead atoms. The molecular formula is C13H12O2S. The van der Waals surface area contributed by atoms with Gasteiger partial charge in [0.25, 0.3) is 0 Å². The Morgan fingerprint density at radius 3 is 3.06 bits per heavy atom. The highest BCUT2D eigenvalue weighted by molar-refractivity contribution is 7.10. The van der Waals surface area contributed by atoms with Crippen molar-refractivity contribution >= 4 is 17.1 Å². The summed E-state index contributed by atoms with van der Waals surface area (Å²) in [4.78, 5) is 13.3. The average Bonchev–Trinajstić information content (AvgIpc) is 2.87. The maximum Gasteiger partial charge on any atom is 0.167 e. The van der Waals surface area contributed by atoms with E-state index in [1.54, 1.807) is 17.6 Å². The molecule has 3 rings (SSSR count). The van der Waals surface area contributed by atoms with Gasteiger partial charge in [-0.05, 0) is 23.9 Å². The van der Waals surface area contributed by atoms with Crippen molar-refractivity contribution in [2.75, 3.05) is 0 Å². The number of hydrogen-bond acceptors (Lipinski definition) is 3. The summed E-state index contributed by atoms with van der Waals surface area (Å²) in [5, 5.41) is 2.06. The number of rotatable bonds is 1. The largest absolute Gasteiger partial charge is 0.468 e. The van der Waals surface area contributed by atoms with Crippen LogP contribution in [0, 0.1) is 6.92 Å². The maximum absolute atomic E-state index is 12.0. The van der Waals surface area contributed by atoms with E-state index in [0.29, 0.717) is 12.3 Å². The normalized spacial score (nSPS) is 19.8. The minimum atomic E-state index is 0.228. The van der Waals surface area contributed by atoms with Gasteiger partial charge in [0.15, 0.2) is 5.78 Å². The predicted octanol–water partition coefficient (Wildman–Crippen LogP) is 3.56. The third kappa shape index (κ3) is 1.43. The van der Waals surface area contributed by atoms with E-state index < -0.39 is 0 Å². The van der Waals surface area contributed by atoms with Crippen molar-refractivity contribution < 1.29 is 9.21 Å². The molecule has 0 amide bonds. The first-order valence-corrected chi connectivity index (χ1v) is 6.27. The van der Waals surface area contributed by atoms with Gasteiger partial charge in [-0.1, -0.05) is 6.07 Å². The van der Waals surface area contributed by atoms with E-state index in [2.05, 4.69) is 11.4 Å². The van der Waals surface area contributed by atoms with Gasteiger partial charge in [-0.2, -0.15) is 0 Å². The van der Waals surface area contributed by atoms with E-state index in [1.165, 1.54) is 4.88 Å². The second kappa shape index (κ2) is 3.59. The molecule has 0 saturated carbocycles. The Balaban J connectivity index is 1.99. The van der Waals surface area contributed by atoms with E-state index in [1.807, 2.05) is 13.0 Å². The SMILES string of the molecule is Cc1coc2c1C(=O)CC(c1cccs1)C2. The van der Waals surface area contributed by atoms with Crippen LogP contribution in [0.4, 0.5) is 0 Å². The first kappa shape index (κ1) is 9.85. The van der Waals surface area contributed by atoms with Crippen LogP contribution in [0.2, 0.25) is 0 Å². The number of fused-ring (bicyclic) bond motifs is 1. The molecule has 0 aliphatic heterocycles. The van der Waals surface area contributed by atoms with Crippen molar-refractivity contribution in [2.24, 2.45) is 0 Å². The molecule has 0 aromatic carbocycles. The van der Waals surface area contributed by atoms with Gasteiger partial charge in [-0.25, -0.2) is 0 Å². The molecule has 0 fully saturated rings. The van der Waals surface area contributed by atoms with Gasteiger partial charge in [0.1, 0.15) is 5.76 Å². The summed E-state index contributed by atoms with van der Waals surface area (Å²) in [6.07, 6.45) is 3.17. The summed E-state index contributed by atoms with van der Waals surface area (Å²) in [6.45, 7) is 1.94. The smallest absolute Gasteiger partial charge is 0.167 e. The van der Waals surface area contributed by atoms with Crippen molar-refractivity contribution in [1.29, 1.82) is 0 Å². The third-order valence-electron chi connectivity index (χ3n) is 3.14. The highest BCUT2D eigenvalue weighted by Gasteiger charge is 2.30. The number of thiophene rings is 1. The number of aryl methyl sites for hydroxylation is 1. The first-order chi connectivity index (χ1) is 7.75. The van der Waals surface area contributed by atoms with Crippen LogP contribution in [0.25, 0.3) is 0 Å². The summed E-state index contributed by atoms with van der Waals surface area (Å²) < 4.78 is 5.47. The molecule has 0 N–H and O–H groups in total. The topological polar surface area (TPSA) is 30.2 Å². The number of ketones is 1. The van der Waals surface area contributed by atoms with Crippen molar-refractivity contribution in [3.05, 3.63) is 45.5 Å². The van der Waals surface area contributed by atoms with Gasteiger partial charge < -0.3 is 4.42 Å². The summed E-state index contributed by atoms with van der Waals surface area (Å²) in [7, 11) is 0. The van der Waals surface area contributed by atoms with Crippen molar-refractivity contribution in [3.63, 3.8) is 0 Å². The van der Waals surface area contributed by atoms with Gasteiger partial charge in [0.05, 0.1) is 11.8 Å². The lowest BCUT2D eigenvalue weighted by Gasteiger charge is -2.19. The molecule has 0 radical (unpaired) electrons. The van der Waals surface area contributed by atoms with Crippen LogP contribution in [0.1, 0.15) is 38.9 Å². The lowest BCUT2D eigenvalue weighted by atomic mass is 9.85. The summed E-state index contributed by atoms with van der Waals surface area (Å²) in [5.41, 5.74) is 1.80. The van der Waals surface area contributed by atoms with Crippen molar-refractivity contribution in [1.82, 2.24) is 0 Å². The van der Waals surface area contributed by atoms with E-state index in [-0.39, 0.29) is 5.78 Å². The van der Waals surface area contributed by atoms with Crippen LogP contribution < -0.4 is 0 Å². The molecule has 2 aromatic rings. The van der Waals surface area contributed by atoms with E-state index >= 15 is 0 Å². The van der Waals surface area contributed by atoms with Gasteiger partial charge >= 0.3 is 0 Å². The Kier molecular flexibility index (Phi) is 2.21. The van der Waals surface area contributed by atoms with Gasteiger partial charge in [-0.15, -0.1) is 11.3 Å². The molecule has 0 spiro atoms. The fraction of sp³-hybridized carbons (Fsp3) is 0.308. The molecule has 82 valence electrons. The maximum atomic E-state index is 12.0. The van der Waals surface area contributed by atoms with Crippen LogP contribution in [-0.2, 0) is 6.42 Å². The molecule has 16 heavy (non-hydrogen) atoms. The summed E-state index contributed by atoms with van der Waals surface area (Å²) in [6, 6.07) is 4.14. The molecule has 1 aliphatic carbocycles. The zero-order valence-corrected chi connectivity index (χ0v) is 9.84.